The van der Waals surface area contributed by atoms with Crippen LogP contribution < -0.4 is 5.56 Å². The fourth-order valence-electron chi connectivity index (χ4n) is 1.33. The molecule has 0 aliphatic rings. The Kier molecular flexibility index (Phi) is 2.34. The minimum absolute atomic E-state index is 0.131. The highest BCUT2D eigenvalue weighted by molar-refractivity contribution is 5.44. The molecule has 3 heteroatoms. The molecule has 0 saturated carbocycles. The van der Waals surface area contributed by atoms with E-state index in [1.54, 1.807) is 6.20 Å². The van der Waals surface area contributed by atoms with E-state index in [1.807, 2.05) is 30.3 Å². The molecule has 0 unspecified atom stereocenters. The molecule has 0 radical (unpaired) electrons. The molecule has 2 aromatic rings. The van der Waals surface area contributed by atoms with E-state index in [1.165, 1.54) is 16.7 Å². The van der Waals surface area contributed by atoms with Crippen molar-refractivity contribution in [2.75, 3.05) is 0 Å². The Morgan fingerprint density at radius 3 is 2.47 bits per heavy atom. The predicted octanol–water partition coefficient (Wildman–Crippen LogP) is 2.39. The predicted molar refractivity (Wildman–Crippen MR) is 58.3 cm³/mol. The van der Waals surface area contributed by atoms with Gasteiger partial charge < -0.3 is 0 Å². The Morgan fingerprint density at radius 2 is 1.80 bits per heavy atom. The molecule has 2 rings (SSSR count). The molecule has 0 spiro atoms. The van der Waals surface area contributed by atoms with Crippen molar-refractivity contribution in [2.24, 2.45) is 0 Å². The summed E-state index contributed by atoms with van der Waals surface area (Å²) in [5.41, 5.74) is 1.10. The molecule has 0 N–H and O–H groups in total. The second kappa shape index (κ2) is 3.81. The molecule has 3 nitrogen and oxygen atoms in total. The van der Waals surface area contributed by atoms with Gasteiger partial charge in [-0.2, -0.15) is 0 Å². The van der Waals surface area contributed by atoms with Gasteiger partial charge in [0.05, 0.1) is 6.57 Å². The maximum atomic E-state index is 11.5. The van der Waals surface area contributed by atoms with Gasteiger partial charge in [-0.3, -0.25) is 9.36 Å². The highest BCUT2D eigenvalue weighted by atomic mass is 16.1. The first-order valence-corrected chi connectivity index (χ1v) is 4.47. The Morgan fingerprint density at radius 1 is 1.07 bits per heavy atom. The van der Waals surface area contributed by atoms with E-state index in [4.69, 9.17) is 6.57 Å². The lowest BCUT2D eigenvalue weighted by molar-refractivity contribution is 0.995. The second-order valence-corrected chi connectivity index (χ2v) is 3.04. The van der Waals surface area contributed by atoms with Gasteiger partial charge in [-0.05, 0) is 24.3 Å². The largest absolute Gasteiger partial charge is 0.295 e. The minimum Gasteiger partial charge on any atom is -0.295 e. The lowest BCUT2D eigenvalue weighted by atomic mass is 10.3. The van der Waals surface area contributed by atoms with Crippen molar-refractivity contribution in [3.63, 3.8) is 0 Å². The van der Waals surface area contributed by atoms with Gasteiger partial charge in [0.25, 0.3) is 5.56 Å². The van der Waals surface area contributed by atoms with Crippen LogP contribution in [0.15, 0.2) is 53.5 Å². The Balaban J connectivity index is 2.64. The smallest absolute Gasteiger partial charge is 0.252 e. The molecule has 1 aromatic heterocycles. The number of benzene rings is 1. The Labute approximate surface area is 87.0 Å². The van der Waals surface area contributed by atoms with Crippen LogP contribution in [0, 0.1) is 6.57 Å². The van der Waals surface area contributed by atoms with Gasteiger partial charge in [0.1, 0.15) is 0 Å². The molecule has 0 bridgehead atoms. The van der Waals surface area contributed by atoms with Crippen LogP contribution in [0.5, 0.6) is 0 Å². The lowest BCUT2D eigenvalue weighted by Crippen LogP contribution is -2.15. The minimum atomic E-state index is -0.131. The number of para-hydroxylation sites is 1. The molecule has 1 heterocycles. The fraction of sp³-hybridized carbons (Fsp3) is 0. The zero-order valence-electron chi connectivity index (χ0n) is 7.92. The monoisotopic (exact) mass is 196 g/mol. The molecule has 0 aliphatic carbocycles. The maximum Gasteiger partial charge on any atom is 0.252 e. The third kappa shape index (κ3) is 1.79. The van der Waals surface area contributed by atoms with E-state index >= 15 is 0 Å². The average molecular weight is 196 g/mol. The Hall–Kier alpha value is -2.34. The highest BCUT2D eigenvalue weighted by Crippen LogP contribution is 2.11. The normalized spacial score (nSPS) is 9.53. The van der Waals surface area contributed by atoms with E-state index in [-0.39, 0.29) is 5.56 Å². The third-order valence-corrected chi connectivity index (χ3v) is 2.06. The Bertz CT molecular complexity index is 564. The summed E-state index contributed by atoms with van der Waals surface area (Å²) in [6.45, 7) is 6.88. The van der Waals surface area contributed by atoms with E-state index in [0.717, 1.165) is 5.69 Å². The van der Waals surface area contributed by atoms with Crippen LogP contribution in [0.3, 0.4) is 0 Å². The zero-order chi connectivity index (χ0) is 10.7. The SMILES string of the molecule is [C-]#[N+]c1ccc(=O)n(-c2ccccc2)c1. The van der Waals surface area contributed by atoms with Gasteiger partial charge in [0, 0.05) is 11.9 Å². The summed E-state index contributed by atoms with van der Waals surface area (Å²) in [4.78, 5) is 14.8. The van der Waals surface area contributed by atoms with E-state index < -0.39 is 0 Å². The molecular weight excluding hydrogens is 188 g/mol. The molecule has 0 amide bonds. The molecule has 15 heavy (non-hydrogen) atoms. The average Bonchev–Trinajstić information content (AvgIpc) is 2.31. The number of rotatable bonds is 1. The first-order chi connectivity index (χ1) is 7.31. The number of nitrogens with zero attached hydrogens (tertiary/aromatic N) is 2. The summed E-state index contributed by atoms with van der Waals surface area (Å²) < 4.78 is 1.47. The summed E-state index contributed by atoms with van der Waals surface area (Å²) >= 11 is 0. The first-order valence-electron chi connectivity index (χ1n) is 4.47. The molecule has 0 saturated heterocycles. The summed E-state index contributed by atoms with van der Waals surface area (Å²) in [6, 6.07) is 12.2. The van der Waals surface area contributed by atoms with Gasteiger partial charge in [0.15, 0.2) is 0 Å². The van der Waals surface area contributed by atoms with Crippen LogP contribution in [0.2, 0.25) is 0 Å². The van der Waals surface area contributed by atoms with E-state index in [0.29, 0.717) is 5.69 Å². The quantitative estimate of drug-likeness (QED) is 0.643. The lowest BCUT2D eigenvalue weighted by Gasteiger charge is -2.04. The van der Waals surface area contributed by atoms with Gasteiger partial charge in [-0.25, -0.2) is 4.85 Å². The van der Waals surface area contributed by atoms with Crippen molar-refractivity contribution in [1.82, 2.24) is 4.57 Å². The van der Waals surface area contributed by atoms with Gasteiger partial charge in [0.2, 0.25) is 5.69 Å². The number of hydrogen-bond acceptors (Lipinski definition) is 1. The topological polar surface area (TPSA) is 26.4 Å². The molecule has 1 aromatic carbocycles. The van der Waals surface area contributed by atoms with E-state index in [2.05, 4.69) is 4.85 Å². The van der Waals surface area contributed by atoms with Crippen LogP contribution in [0.1, 0.15) is 0 Å². The number of aromatic nitrogens is 1. The van der Waals surface area contributed by atoms with Crippen LogP contribution >= 0.6 is 0 Å². The highest BCUT2D eigenvalue weighted by Gasteiger charge is 1.99. The summed E-state index contributed by atoms with van der Waals surface area (Å²) in [7, 11) is 0. The van der Waals surface area contributed by atoms with Crippen LogP contribution in [-0.4, -0.2) is 4.57 Å². The number of pyridine rings is 1. The van der Waals surface area contributed by atoms with Crippen LogP contribution in [0.4, 0.5) is 5.69 Å². The maximum absolute atomic E-state index is 11.5. The van der Waals surface area contributed by atoms with Gasteiger partial charge in [-0.15, -0.1) is 0 Å². The van der Waals surface area contributed by atoms with Gasteiger partial charge >= 0.3 is 0 Å². The van der Waals surface area contributed by atoms with Crippen molar-refractivity contribution in [2.45, 2.75) is 0 Å². The zero-order valence-corrected chi connectivity index (χ0v) is 7.92. The molecule has 0 atom stereocenters. The van der Waals surface area contributed by atoms with E-state index in [9.17, 15) is 4.79 Å². The fourth-order valence-corrected chi connectivity index (χ4v) is 1.33. The van der Waals surface area contributed by atoms with Crippen molar-refractivity contribution in [3.8, 4) is 5.69 Å². The van der Waals surface area contributed by atoms with Crippen LogP contribution in [-0.2, 0) is 0 Å². The van der Waals surface area contributed by atoms with Crippen molar-refractivity contribution in [3.05, 3.63) is 70.4 Å². The summed E-state index contributed by atoms with van der Waals surface area (Å²) in [5, 5.41) is 0. The van der Waals surface area contributed by atoms with Crippen LogP contribution in [0.25, 0.3) is 10.5 Å². The van der Waals surface area contributed by atoms with Crippen molar-refractivity contribution >= 4 is 5.69 Å². The van der Waals surface area contributed by atoms with Crippen molar-refractivity contribution < 1.29 is 0 Å². The standard InChI is InChI=1S/C12H8N2O/c1-13-10-7-8-12(15)14(9-10)11-5-3-2-4-6-11/h2-9H. The van der Waals surface area contributed by atoms with Crippen molar-refractivity contribution in [1.29, 1.82) is 0 Å². The molecule has 0 aliphatic heterocycles. The first kappa shape index (κ1) is 9.22. The molecule has 72 valence electrons. The third-order valence-electron chi connectivity index (χ3n) is 2.06. The summed E-state index contributed by atoms with van der Waals surface area (Å²) in [5.74, 6) is 0. The molecule has 0 fully saturated rings. The second-order valence-electron chi connectivity index (χ2n) is 3.04. The molecular formula is C12H8N2O. The number of hydrogen-bond donors (Lipinski definition) is 0. The van der Waals surface area contributed by atoms with Gasteiger partial charge in [-0.1, -0.05) is 18.2 Å². The summed E-state index contributed by atoms with van der Waals surface area (Å²) in [6.07, 6.45) is 1.55.